The summed E-state index contributed by atoms with van der Waals surface area (Å²) in [7, 11) is 0. The molecule has 1 aliphatic carbocycles. The summed E-state index contributed by atoms with van der Waals surface area (Å²) >= 11 is 0. The molecule has 5 rings (SSSR count). The van der Waals surface area contributed by atoms with Crippen LogP contribution in [0.4, 0.5) is 32.2 Å². The molecule has 0 radical (unpaired) electrons. The fourth-order valence-corrected chi connectivity index (χ4v) is 5.26. The van der Waals surface area contributed by atoms with Crippen LogP contribution in [0.3, 0.4) is 0 Å². The summed E-state index contributed by atoms with van der Waals surface area (Å²) in [6.07, 6.45) is -5.18. The molecule has 1 fully saturated rings. The van der Waals surface area contributed by atoms with E-state index in [4.69, 9.17) is 4.98 Å². The predicted octanol–water partition coefficient (Wildman–Crippen LogP) is 5.69. The smallest absolute Gasteiger partial charge is 0.365 e. The Balaban J connectivity index is 1.51. The summed E-state index contributed by atoms with van der Waals surface area (Å²) in [6.45, 7) is 2.44. The number of halogens is 6. The lowest BCUT2D eigenvalue weighted by Crippen LogP contribution is -2.32. The van der Waals surface area contributed by atoms with E-state index in [-0.39, 0.29) is 36.2 Å². The first-order valence-electron chi connectivity index (χ1n) is 12.0. The standard InChI is InChI=1S/C24H25F6N5O/c1-2-7-34-21-18(32-19(33-21)14-5-3-4-6-14)20-31-17(12-35(20)22(34)36)10-13-8-15(23(25,26)27)11-16(9-13)24(28,29)30/h8-9,11,14,17,31H,2-7,10,12H2,1H3. The number of hydrogen-bond acceptors (Lipinski definition) is 4. The number of fused-ring (bicyclic) bond motifs is 3. The van der Waals surface area contributed by atoms with Crippen LogP contribution in [0.25, 0.3) is 11.5 Å². The van der Waals surface area contributed by atoms with Crippen molar-refractivity contribution in [2.75, 3.05) is 5.32 Å². The van der Waals surface area contributed by atoms with Gasteiger partial charge in [-0.2, -0.15) is 26.3 Å². The molecule has 36 heavy (non-hydrogen) atoms. The Kier molecular flexibility index (Phi) is 6.03. The number of aromatic nitrogens is 4. The van der Waals surface area contributed by atoms with E-state index in [9.17, 15) is 31.1 Å². The fourth-order valence-electron chi connectivity index (χ4n) is 5.26. The maximum Gasteiger partial charge on any atom is 0.416 e. The summed E-state index contributed by atoms with van der Waals surface area (Å²) < 4.78 is 82.8. The minimum atomic E-state index is -4.92. The molecule has 0 spiro atoms. The van der Waals surface area contributed by atoms with E-state index in [1.54, 1.807) is 4.57 Å². The molecule has 3 aliphatic heterocycles. The number of alkyl halides is 6. The van der Waals surface area contributed by atoms with Gasteiger partial charge in [-0.3, -0.25) is 9.13 Å². The van der Waals surface area contributed by atoms with Gasteiger partial charge in [0.2, 0.25) is 0 Å². The highest BCUT2D eigenvalue weighted by Gasteiger charge is 2.38. The Hall–Kier alpha value is -3.05. The largest absolute Gasteiger partial charge is 0.416 e. The molecule has 1 aromatic rings. The molecule has 6 nitrogen and oxygen atoms in total. The number of nitrogens with zero attached hydrogens (tertiary/aromatic N) is 4. The zero-order valence-electron chi connectivity index (χ0n) is 19.5. The third-order valence-corrected chi connectivity index (χ3v) is 6.91. The fraction of sp³-hybridized carbons (Fsp3) is 0.542. The Morgan fingerprint density at radius 2 is 1.64 bits per heavy atom. The van der Waals surface area contributed by atoms with Crippen molar-refractivity contribution in [1.29, 1.82) is 0 Å². The topological polar surface area (TPSA) is 64.7 Å². The molecule has 1 N–H and O–H groups in total. The molecule has 194 valence electrons. The van der Waals surface area contributed by atoms with Crippen LogP contribution in [-0.4, -0.2) is 25.1 Å². The number of nitrogens with one attached hydrogen (secondary N) is 1. The van der Waals surface area contributed by atoms with E-state index in [1.807, 2.05) is 6.92 Å². The number of benzene rings is 1. The molecule has 0 amide bonds. The highest BCUT2D eigenvalue weighted by Crippen LogP contribution is 2.39. The van der Waals surface area contributed by atoms with Gasteiger partial charge in [0, 0.05) is 25.0 Å². The Labute approximate surface area is 202 Å². The highest BCUT2D eigenvalue weighted by molar-refractivity contribution is 5.70. The van der Waals surface area contributed by atoms with E-state index >= 15 is 0 Å². The number of anilines is 1. The van der Waals surface area contributed by atoms with Gasteiger partial charge in [0.1, 0.15) is 17.3 Å². The minimum Gasteiger partial charge on any atom is -0.365 e. The lowest BCUT2D eigenvalue weighted by atomic mass is 9.99. The average molecular weight is 513 g/mol. The first-order valence-corrected chi connectivity index (χ1v) is 12.0. The van der Waals surface area contributed by atoms with Crippen molar-refractivity contribution in [2.24, 2.45) is 0 Å². The van der Waals surface area contributed by atoms with Crippen molar-refractivity contribution in [2.45, 2.75) is 82.9 Å². The number of imidazole rings is 1. The summed E-state index contributed by atoms with van der Waals surface area (Å²) in [6, 6.07) is 0.993. The first kappa shape index (κ1) is 24.6. The lowest BCUT2D eigenvalue weighted by molar-refractivity contribution is -0.143. The third kappa shape index (κ3) is 4.45. The van der Waals surface area contributed by atoms with Gasteiger partial charge >= 0.3 is 18.0 Å². The summed E-state index contributed by atoms with van der Waals surface area (Å²) in [5.74, 6) is 1.76. The molecule has 1 saturated carbocycles. The second-order valence-electron chi connectivity index (χ2n) is 9.59. The molecule has 0 saturated heterocycles. The van der Waals surface area contributed by atoms with Crippen molar-refractivity contribution in [3.05, 3.63) is 51.2 Å². The van der Waals surface area contributed by atoms with Crippen LogP contribution in [0.1, 0.15) is 67.5 Å². The van der Waals surface area contributed by atoms with E-state index in [0.29, 0.717) is 36.1 Å². The maximum atomic E-state index is 13.3. The minimum absolute atomic E-state index is 0.0943. The summed E-state index contributed by atoms with van der Waals surface area (Å²) in [5.41, 5.74) is -2.65. The van der Waals surface area contributed by atoms with E-state index < -0.39 is 29.5 Å². The second kappa shape index (κ2) is 8.81. The van der Waals surface area contributed by atoms with Gasteiger partial charge in [0.05, 0.1) is 11.1 Å². The first-order chi connectivity index (χ1) is 17.0. The van der Waals surface area contributed by atoms with Crippen molar-refractivity contribution < 1.29 is 26.3 Å². The Morgan fingerprint density at radius 3 is 2.22 bits per heavy atom. The van der Waals surface area contributed by atoms with E-state index in [0.717, 1.165) is 37.8 Å². The van der Waals surface area contributed by atoms with Gasteiger partial charge < -0.3 is 5.32 Å². The third-order valence-electron chi connectivity index (χ3n) is 6.91. The predicted molar refractivity (Wildman–Crippen MR) is 120 cm³/mol. The van der Waals surface area contributed by atoms with Crippen LogP contribution in [-0.2, 0) is 31.9 Å². The van der Waals surface area contributed by atoms with Gasteiger partial charge in [0.25, 0.3) is 0 Å². The molecule has 1 aromatic carbocycles. The number of hydrogen-bond donors (Lipinski definition) is 1. The SMILES string of the molecule is CCCn1c2nc(C3CCCC3)nc-2c2n(c1=O)CC(Cc1cc(C(F)(F)F)cc(C(F)(F)F)c1)N2. The summed E-state index contributed by atoms with van der Waals surface area (Å²) in [4.78, 5) is 22.7. The quantitative estimate of drug-likeness (QED) is 0.446. The Morgan fingerprint density at radius 1 is 1.00 bits per heavy atom. The van der Waals surface area contributed by atoms with Crippen LogP contribution < -0.4 is 11.0 Å². The molecular weight excluding hydrogens is 488 g/mol. The van der Waals surface area contributed by atoms with E-state index in [2.05, 4.69) is 10.3 Å². The van der Waals surface area contributed by atoms with Gasteiger partial charge in [-0.1, -0.05) is 19.8 Å². The van der Waals surface area contributed by atoms with Gasteiger partial charge in [-0.25, -0.2) is 14.8 Å². The van der Waals surface area contributed by atoms with Crippen molar-refractivity contribution in [3.8, 4) is 11.5 Å². The van der Waals surface area contributed by atoms with Crippen molar-refractivity contribution in [3.63, 3.8) is 0 Å². The zero-order valence-corrected chi connectivity index (χ0v) is 19.5. The van der Waals surface area contributed by atoms with Crippen LogP contribution in [0.15, 0.2) is 23.0 Å². The molecule has 4 aliphatic rings. The molecule has 0 bridgehead atoms. The summed E-state index contributed by atoms with van der Waals surface area (Å²) in [5, 5.41) is 3.14. The molecule has 3 heterocycles. The van der Waals surface area contributed by atoms with Crippen LogP contribution >= 0.6 is 0 Å². The average Bonchev–Trinajstić information content (AvgIpc) is 3.54. The van der Waals surface area contributed by atoms with Crippen molar-refractivity contribution >= 4 is 5.82 Å². The normalized spacial score (nSPS) is 18.7. The maximum absolute atomic E-state index is 13.3. The van der Waals surface area contributed by atoms with Gasteiger partial charge in [0.15, 0.2) is 5.82 Å². The Bertz CT molecular complexity index is 1270. The lowest BCUT2D eigenvalue weighted by Gasteiger charge is -2.16. The van der Waals surface area contributed by atoms with Crippen LogP contribution in [0, 0.1) is 0 Å². The monoisotopic (exact) mass is 513 g/mol. The highest BCUT2D eigenvalue weighted by atomic mass is 19.4. The molecule has 0 aromatic heterocycles. The molecular formula is C24H25F6N5O. The van der Waals surface area contributed by atoms with Gasteiger partial charge in [-0.15, -0.1) is 0 Å². The second-order valence-corrected chi connectivity index (χ2v) is 9.59. The molecule has 12 heteroatoms. The van der Waals surface area contributed by atoms with Gasteiger partial charge in [-0.05, 0) is 49.4 Å². The molecule has 1 unspecified atom stereocenters. The molecule has 1 atom stereocenters. The zero-order chi connectivity index (χ0) is 25.8. The number of rotatable bonds is 5. The van der Waals surface area contributed by atoms with E-state index in [1.165, 1.54) is 4.57 Å². The van der Waals surface area contributed by atoms with Crippen molar-refractivity contribution in [1.82, 2.24) is 19.1 Å². The van der Waals surface area contributed by atoms with Crippen LogP contribution in [0.2, 0.25) is 0 Å². The van der Waals surface area contributed by atoms with Crippen LogP contribution in [0.5, 0.6) is 0 Å².